The van der Waals surface area contributed by atoms with Crippen LogP contribution in [0.15, 0.2) is 91.0 Å². The van der Waals surface area contributed by atoms with E-state index in [0.29, 0.717) is 6.61 Å². The second-order valence-electron chi connectivity index (χ2n) is 5.29. The van der Waals surface area contributed by atoms with Crippen molar-refractivity contribution in [1.29, 1.82) is 0 Å². The van der Waals surface area contributed by atoms with Crippen LogP contribution in [0, 0.1) is 0 Å². The normalized spacial score (nSPS) is 9.71. The third-order valence-corrected chi connectivity index (χ3v) is 3.47. The van der Waals surface area contributed by atoms with Crippen molar-refractivity contribution in [2.75, 3.05) is 13.7 Å². The van der Waals surface area contributed by atoms with E-state index in [2.05, 4.69) is 24.3 Å². The van der Waals surface area contributed by atoms with Gasteiger partial charge in [0.05, 0.1) is 20.3 Å². The summed E-state index contributed by atoms with van der Waals surface area (Å²) >= 11 is 0. The number of benzene rings is 3. The van der Waals surface area contributed by atoms with Crippen molar-refractivity contribution in [3.05, 3.63) is 102 Å². The minimum Gasteiger partial charge on any atom is -0.497 e. The van der Waals surface area contributed by atoms with Crippen LogP contribution in [0.2, 0.25) is 0 Å². The van der Waals surface area contributed by atoms with Crippen LogP contribution in [0.5, 0.6) is 5.75 Å². The fourth-order valence-corrected chi connectivity index (χ4v) is 2.13. The average Bonchev–Trinajstić information content (AvgIpc) is 2.68. The van der Waals surface area contributed by atoms with Gasteiger partial charge in [0.2, 0.25) is 0 Å². The van der Waals surface area contributed by atoms with Crippen LogP contribution in [0.4, 0.5) is 0 Å². The van der Waals surface area contributed by atoms with Crippen LogP contribution >= 0.6 is 0 Å². The van der Waals surface area contributed by atoms with Crippen LogP contribution in [0.3, 0.4) is 0 Å². The van der Waals surface area contributed by atoms with E-state index in [-0.39, 0.29) is 0 Å². The van der Waals surface area contributed by atoms with E-state index in [1.54, 1.807) is 7.11 Å². The lowest BCUT2D eigenvalue weighted by atomic mass is 10.2. The van der Waals surface area contributed by atoms with Crippen LogP contribution in [0.25, 0.3) is 0 Å². The Kier molecular flexibility index (Phi) is 8.17. The second kappa shape index (κ2) is 11.0. The second-order valence-corrected chi connectivity index (χ2v) is 5.29. The zero-order chi connectivity index (χ0) is 16.9. The summed E-state index contributed by atoms with van der Waals surface area (Å²) in [6.45, 7) is 1.40. The summed E-state index contributed by atoms with van der Waals surface area (Å²) < 4.78 is 10.8. The van der Waals surface area contributed by atoms with E-state index in [4.69, 9.17) is 9.47 Å². The highest BCUT2D eigenvalue weighted by atomic mass is 16.5. The summed E-state index contributed by atoms with van der Waals surface area (Å²) in [6, 6.07) is 30.3. The van der Waals surface area contributed by atoms with Gasteiger partial charge in [0.15, 0.2) is 0 Å². The number of rotatable bonds is 6. The van der Waals surface area contributed by atoms with Crippen molar-refractivity contribution >= 4 is 0 Å². The van der Waals surface area contributed by atoms with Gasteiger partial charge in [0.25, 0.3) is 0 Å². The zero-order valence-corrected chi connectivity index (χ0v) is 14.1. The predicted octanol–water partition coefficient (Wildman–Crippen LogP) is 5.14. The molecule has 3 rings (SSSR count). The molecule has 0 spiro atoms. The molecule has 0 aliphatic heterocycles. The summed E-state index contributed by atoms with van der Waals surface area (Å²) in [7, 11) is 1.67. The van der Waals surface area contributed by atoms with E-state index >= 15 is 0 Å². The van der Waals surface area contributed by atoms with E-state index in [9.17, 15) is 0 Å². The highest BCUT2D eigenvalue weighted by molar-refractivity contribution is 5.26. The first kappa shape index (κ1) is 17.8. The van der Waals surface area contributed by atoms with E-state index in [1.807, 2.05) is 66.7 Å². The first-order chi connectivity index (χ1) is 11.9. The smallest absolute Gasteiger partial charge is 0.118 e. The molecular weight excluding hydrogens is 296 g/mol. The quantitative estimate of drug-likeness (QED) is 0.585. The largest absolute Gasteiger partial charge is 0.497 e. The maximum Gasteiger partial charge on any atom is 0.118 e. The number of methoxy groups -OCH3 is 1. The SMILES string of the molecule is COc1ccc(COCCc2ccccc2)cc1.c1ccccc1. The number of hydrogen-bond acceptors (Lipinski definition) is 2. The van der Waals surface area contributed by atoms with Crippen molar-refractivity contribution in [3.8, 4) is 5.75 Å². The molecule has 0 saturated heterocycles. The van der Waals surface area contributed by atoms with Crippen molar-refractivity contribution in [1.82, 2.24) is 0 Å². The van der Waals surface area contributed by atoms with Gasteiger partial charge in [-0.05, 0) is 29.7 Å². The molecule has 0 amide bonds. The standard InChI is InChI=1S/C16H18O2.C6H6/c1-17-16-9-7-15(8-10-16)13-18-12-11-14-5-3-2-4-6-14;1-2-4-6-5-3-1/h2-10H,11-13H2,1H3;1-6H. The van der Waals surface area contributed by atoms with Gasteiger partial charge in [0.1, 0.15) is 5.75 Å². The third kappa shape index (κ3) is 7.12. The first-order valence-corrected chi connectivity index (χ1v) is 8.13. The Bertz CT molecular complexity index is 622. The first-order valence-electron chi connectivity index (χ1n) is 8.13. The van der Waals surface area contributed by atoms with Crippen LogP contribution in [-0.2, 0) is 17.8 Å². The highest BCUT2D eigenvalue weighted by Gasteiger charge is 1.96. The van der Waals surface area contributed by atoms with Crippen LogP contribution < -0.4 is 4.74 Å². The third-order valence-electron chi connectivity index (χ3n) is 3.47. The maximum atomic E-state index is 5.66. The molecule has 0 unspecified atom stereocenters. The minimum absolute atomic E-state index is 0.650. The summed E-state index contributed by atoms with van der Waals surface area (Å²) in [5.74, 6) is 0.878. The molecule has 0 aliphatic carbocycles. The molecular formula is C22H24O2. The number of hydrogen-bond donors (Lipinski definition) is 0. The molecule has 0 aliphatic rings. The van der Waals surface area contributed by atoms with E-state index in [1.165, 1.54) is 11.1 Å². The predicted molar refractivity (Wildman–Crippen MR) is 99.2 cm³/mol. The van der Waals surface area contributed by atoms with Gasteiger partial charge < -0.3 is 9.47 Å². The Hall–Kier alpha value is -2.58. The Labute approximate surface area is 144 Å². The van der Waals surface area contributed by atoms with Gasteiger partial charge in [-0.15, -0.1) is 0 Å². The molecule has 0 bridgehead atoms. The lowest BCUT2D eigenvalue weighted by molar-refractivity contribution is 0.124. The molecule has 0 aromatic heterocycles. The van der Waals surface area contributed by atoms with Gasteiger partial charge in [0, 0.05) is 0 Å². The Balaban J connectivity index is 0.000000292. The molecule has 0 fully saturated rings. The zero-order valence-electron chi connectivity index (χ0n) is 14.1. The molecule has 0 N–H and O–H groups in total. The van der Waals surface area contributed by atoms with Gasteiger partial charge in [-0.25, -0.2) is 0 Å². The Morgan fingerprint density at radius 1 is 0.625 bits per heavy atom. The van der Waals surface area contributed by atoms with Crippen LogP contribution in [0.1, 0.15) is 11.1 Å². The van der Waals surface area contributed by atoms with Crippen molar-refractivity contribution in [3.63, 3.8) is 0 Å². The van der Waals surface area contributed by atoms with Crippen molar-refractivity contribution in [2.24, 2.45) is 0 Å². The molecule has 0 saturated carbocycles. The van der Waals surface area contributed by atoms with Crippen molar-refractivity contribution in [2.45, 2.75) is 13.0 Å². The molecule has 3 aromatic rings. The highest BCUT2D eigenvalue weighted by Crippen LogP contribution is 2.12. The minimum atomic E-state index is 0.650. The monoisotopic (exact) mass is 320 g/mol. The fraction of sp³-hybridized carbons (Fsp3) is 0.182. The molecule has 0 atom stereocenters. The Morgan fingerprint density at radius 3 is 1.71 bits per heavy atom. The van der Waals surface area contributed by atoms with Crippen LogP contribution in [-0.4, -0.2) is 13.7 Å². The van der Waals surface area contributed by atoms with Gasteiger partial charge in [-0.1, -0.05) is 78.9 Å². The van der Waals surface area contributed by atoms with Gasteiger partial charge in [-0.2, -0.15) is 0 Å². The Morgan fingerprint density at radius 2 is 1.17 bits per heavy atom. The maximum absolute atomic E-state index is 5.66. The number of ether oxygens (including phenoxy) is 2. The van der Waals surface area contributed by atoms with Gasteiger partial charge in [-0.3, -0.25) is 0 Å². The molecule has 24 heavy (non-hydrogen) atoms. The lowest BCUT2D eigenvalue weighted by Gasteiger charge is -2.05. The summed E-state index contributed by atoms with van der Waals surface area (Å²) in [5.41, 5.74) is 2.48. The van der Waals surface area contributed by atoms with E-state index in [0.717, 1.165) is 18.8 Å². The molecule has 2 heteroatoms. The summed E-state index contributed by atoms with van der Waals surface area (Å²) in [4.78, 5) is 0. The van der Waals surface area contributed by atoms with Gasteiger partial charge >= 0.3 is 0 Å². The summed E-state index contributed by atoms with van der Waals surface area (Å²) in [5, 5.41) is 0. The molecule has 3 aromatic carbocycles. The van der Waals surface area contributed by atoms with E-state index < -0.39 is 0 Å². The molecule has 0 heterocycles. The average molecular weight is 320 g/mol. The molecule has 124 valence electrons. The van der Waals surface area contributed by atoms with Crippen molar-refractivity contribution < 1.29 is 9.47 Å². The molecule has 2 nitrogen and oxygen atoms in total. The lowest BCUT2D eigenvalue weighted by Crippen LogP contribution is -1.99. The topological polar surface area (TPSA) is 18.5 Å². The fourth-order valence-electron chi connectivity index (χ4n) is 2.13. The molecule has 0 radical (unpaired) electrons. The summed E-state index contributed by atoms with van der Waals surface area (Å²) in [6.07, 6.45) is 0.955.